The van der Waals surface area contributed by atoms with Crippen LogP contribution in [0.4, 0.5) is 4.79 Å². The van der Waals surface area contributed by atoms with Crippen molar-refractivity contribution in [3.05, 3.63) is 60.1 Å². The Balaban J connectivity index is 1.38. The number of carbonyl (C=O) groups is 2. The van der Waals surface area contributed by atoms with Crippen molar-refractivity contribution in [1.82, 2.24) is 20.4 Å². The number of nitrogens with zero attached hydrogens (tertiary/aromatic N) is 2. The summed E-state index contributed by atoms with van der Waals surface area (Å²) in [6.45, 7) is 4.41. The van der Waals surface area contributed by atoms with Gasteiger partial charge < -0.3 is 20.0 Å². The monoisotopic (exact) mass is 370 g/mol. The van der Waals surface area contributed by atoms with E-state index in [1.54, 1.807) is 18.4 Å². The first-order chi connectivity index (χ1) is 13.2. The van der Waals surface area contributed by atoms with Crippen molar-refractivity contribution in [2.45, 2.75) is 19.5 Å². The van der Waals surface area contributed by atoms with Gasteiger partial charge in [-0.1, -0.05) is 30.3 Å². The third-order valence-corrected chi connectivity index (χ3v) is 4.59. The summed E-state index contributed by atoms with van der Waals surface area (Å²) in [4.78, 5) is 28.4. The third-order valence-electron chi connectivity index (χ3n) is 4.59. The van der Waals surface area contributed by atoms with E-state index in [1.807, 2.05) is 23.1 Å². The van der Waals surface area contributed by atoms with E-state index in [2.05, 4.69) is 27.7 Å². The molecule has 0 spiro atoms. The summed E-state index contributed by atoms with van der Waals surface area (Å²) in [6, 6.07) is 13.5. The van der Waals surface area contributed by atoms with Crippen molar-refractivity contribution in [2.24, 2.45) is 0 Å². The van der Waals surface area contributed by atoms with Gasteiger partial charge in [-0.05, 0) is 24.1 Å². The Morgan fingerprint density at radius 1 is 0.963 bits per heavy atom. The van der Waals surface area contributed by atoms with Crippen LogP contribution in [0.15, 0.2) is 53.1 Å². The second-order valence-corrected chi connectivity index (χ2v) is 6.61. The highest BCUT2D eigenvalue weighted by Gasteiger charge is 2.19. The van der Waals surface area contributed by atoms with Crippen LogP contribution < -0.4 is 10.6 Å². The van der Waals surface area contributed by atoms with Gasteiger partial charge in [0.2, 0.25) is 5.91 Å². The quantitative estimate of drug-likeness (QED) is 0.813. The molecule has 0 unspecified atom stereocenters. The molecule has 3 rings (SSSR count). The molecule has 7 heteroatoms. The topological polar surface area (TPSA) is 77.8 Å². The minimum absolute atomic E-state index is 0.00265. The van der Waals surface area contributed by atoms with Gasteiger partial charge in [0.1, 0.15) is 5.76 Å². The fraction of sp³-hybridized carbons (Fsp3) is 0.400. The number of rotatable bonds is 6. The summed E-state index contributed by atoms with van der Waals surface area (Å²) in [6.07, 6.45) is 2.49. The maximum absolute atomic E-state index is 12.4. The Kier molecular flexibility index (Phi) is 6.87. The summed E-state index contributed by atoms with van der Waals surface area (Å²) < 4.78 is 5.15. The first-order valence-corrected chi connectivity index (χ1v) is 9.29. The lowest BCUT2D eigenvalue weighted by molar-refractivity contribution is -0.129. The Morgan fingerprint density at radius 2 is 1.81 bits per heavy atom. The van der Waals surface area contributed by atoms with Crippen molar-refractivity contribution in [1.29, 1.82) is 0 Å². The predicted molar refractivity (Wildman–Crippen MR) is 102 cm³/mol. The Labute approximate surface area is 159 Å². The van der Waals surface area contributed by atoms with Crippen LogP contribution in [0.25, 0.3) is 0 Å². The van der Waals surface area contributed by atoms with Crippen molar-refractivity contribution in [2.75, 3.05) is 32.7 Å². The van der Waals surface area contributed by atoms with Crippen molar-refractivity contribution >= 4 is 11.9 Å². The lowest BCUT2D eigenvalue weighted by atomic mass is 10.2. The molecule has 0 bridgehead atoms. The van der Waals surface area contributed by atoms with Gasteiger partial charge in [-0.15, -0.1) is 0 Å². The number of carbonyl (C=O) groups excluding carboxylic acids is 2. The molecule has 0 saturated carbocycles. The highest BCUT2D eigenvalue weighted by Crippen LogP contribution is 2.09. The standard InChI is InChI=1S/C20H26N4O3/c25-19(15-22-20(26)21-14-18-8-4-13-27-18)24-10-5-9-23(11-12-24)16-17-6-2-1-3-7-17/h1-4,6-8,13H,5,9-12,14-16H2,(H2,21,22,26). The lowest BCUT2D eigenvalue weighted by Crippen LogP contribution is -2.44. The van der Waals surface area contributed by atoms with Gasteiger partial charge in [-0.3, -0.25) is 9.69 Å². The van der Waals surface area contributed by atoms with E-state index in [4.69, 9.17) is 4.42 Å². The molecular formula is C20H26N4O3. The van der Waals surface area contributed by atoms with E-state index >= 15 is 0 Å². The molecule has 0 atom stereocenters. The molecular weight excluding hydrogens is 344 g/mol. The highest BCUT2D eigenvalue weighted by molar-refractivity contribution is 5.84. The maximum atomic E-state index is 12.4. The second kappa shape index (κ2) is 9.78. The van der Waals surface area contributed by atoms with E-state index in [-0.39, 0.29) is 18.5 Å². The fourth-order valence-corrected chi connectivity index (χ4v) is 3.13. The van der Waals surface area contributed by atoms with Crippen LogP contribution in [0.3, 0.4) is 0 Å². The number of amides is 3. The minimum atomic E-state index is -0.375. The number of furan rings is 1. The highest BCUT2D eigenvalue weighted by atomic mass is 16.3. The van der Waals surface area contributed by atoms with Crippen LogP contribution in [0, 0.1) is 0 Å². The molecule has 0 radical (unpaired) electrons. The van der Waals surface area contributed by atoms with E-state index < -0.39 is 0 Å². The fourth-order valence-electron chi connectivity index (χ4n) is 3.13. The van der Waals surface area contributed by atoms with Crippen LogP contribution in [0.2, 0.25) is 0 Å². The van der Waals surface area contributed by atoms with Gasteiger partial charge in [0, 0.05) is 32.7 Å². The zero-order valence-corrected chi connectivity index (χ0v) is 15.4. The molecule has 27 heavy (non-hydrogen) atoms. The molecule has 1 aliphatic heterocycles. The largest absolute Gasteiger partial charge is 0.467 e. The first-order valence-electron chi connectivity index (χ1n) is 9.29. The molecule has 1 aromatic heterocycles. The van der Waals surface area contributed by atoms with Crippen molar-refractivity contribution in [3.63, 3.8) is 0 Å². The second-order valence-electron chi connectivity index (χ2n) is 6.61. The number of hydrogen-bond donors (Lipinski definition) is 2. The van der Waals surface area contributed by atoms with Crippen LogP contribution in [-0.2, 0) is 17.9 Å². The Morgan fingerprint density at radius 3 is 2.59 bits per heavy atom. The van der Waals surface area contributed by atoms with E-state index in [0.29, 0.717) is 18.8 Å². The summed E-state index contributed by atoms with van der Waals surface area (Å²) >= 11 is 0. The van der Waals surface area contributed by atoms with Crippen LogP contribution in [0.1, 0.15) is 17.7 Å². The van der Waals surface area contributed by atoms with Gasteiger partial charge in [0.15, 0.2) is 0 Å². The van der Waals surface area contributed by atoms with Gasteiger partial charge in [-0.2, -0.15) is 0 Å². The number of benzene rings is 1. The van der Waals surface area contributed by atoms with Crippen molar-refractivity contribution < 1.29 is 14.0 Å². The molecule has 3 amide bonds. The molecule has 0 aliphatic carbocycles. The summed E-state index contributed by atoms with van der Waals surface area (Å²) in [5.41, 5.74) is 1.28. The zero-order chi connectivity index (χ0) is 18.9. The molecule has 1 aliphatic rings. The average Bonchev–Trinajstić information content (AvgIpc) is 3.11. The first kappa shape index (κ1) is 19.0. The molecule has 1 aromatic carbocycles. The normalized spacial score (nSPS) is 15.2. The summed E-state index contributed by atoms with van der Waals surface area (Å²) in [5.74, 6) is 0.618. The van der Waals surface area contributed by atoms with E-state index in [0.717, 1.165) is 32.6 Å². The zero-order valence-electron chi connectivity index (χ0n) is 15.4. The summed E-state index contributed by atoms with van der Waals surface area (Å²) in [5, 5.41) is 5.28. The van der Waals surface area contributed by atoms with E-state index in [1.165, 1.54) is 5.56 Å². The third kappa shape index (κ3) is 6.14. The van der Waals surface area contributed by atoms with Gasteiger partial charge >= 0.3 is 6.03 Å². The molecule has 2 aromatic rings. The Hall–Kier alpha value is -2.80. The lowest BCUT2D eigenvalue weighted by Gasteiger charge is -2.22. The molecule has 7 nitrogen and oxygen atoms in total. The van der Waals surface area contributed by atoms with Gasteiger partial charge in [0.05, 0.1) is 19.4 Å². The predicted octanol–water partition coefficient (Wildman–Crippen LogP) is 1.81. The molecule has 1 fully saturated rings. The van der Waals surface area contributed by atoms with Gasteiger partial charge in [0.25, 0.3) is 0 Å². The maximum Gasteiger partial charge on any atom is 0.315 e. The molecule has 144 valence electrons. The van der Waals surface area contributed by atoms with Crippen LogP contribution in [-0.4, -0.2) is 54.5 Å². The Bertz CT molecular complexity index is 718. The minimum Gasteiger partial charge on any atom is -0.467 e. The number of nitrogens with one attached hydrogen (secondary N) is 2. The summed E-state index contributed by atoms with van der Waals surface area (Å²) in [7, 11) is 0. The van der Waals surface area contributed by atoms with Crippen LogP contribution >= 0.6 is 0 Å². The van der Waals surface area contributed by atoms with Gasteiger partial charge in [-0.25, -0.2) is 4.79 Å². The SMILES string of the molecule is O=C(NCC(=O)N1CCCN(Cc2ccccc2)CC1)NCc1ccco1. The average molecular weight is 370 g/mol. The van der Waals surface area contributed by atoms with Crippen molar-refractivity contribution in [3.8, 4) is 0 Å². The molecule has 2 N–H and O–H groups in total. The molecule has 2 heterocycles. The molecule has 1 saturated heterocycles. The number of hydrogen-bond acceptors (Lipinski definition) is 4. The number of urea groups is 1. The van der Waals surface area contributed by atoms with Crippen LogP contribution in [0.5, 0.6) is 0 Å². The van der Waals surface area contributed by atoms with E-state index in [9.17, 15) is 9.59 Å². The smallest absolute Gasteiger partial charge is 0.315 e.